The number of amides is 2. The Morgan fingerprint density at radius 3 is 2.41 bits per heavy atom. The number of imide groups is 1. The number of ether oxygens (including phenoxy) is 3. The number of fused-ring (bicyclic) bond motifs is 2. The maximum Gasteiger partial charge on any atom is 0.265 e. The Labute approximate surface area is 175 Å². The van der Waals surface area contributed by atoms with Gasteiger partial charge in [-0.05, 0) is 38.1 Å². The van der Waals surface area contributed by atoms with Gasteiger partial charge in [-0.2, -0.15) is 5.06 Å². The van der Waals surface area contributed by atoms with Crippen molar-refractivity contribution in [3.05, 3.63) is 28.7 Å². The molecule has 0 aromatic heterocycles. The van der Waals surface area contributed by atoms with Gasteiger partial charge in [0, 0.05) is 11.5 Å². The van der Waals surface area contributed by atoms with Crippen molar-refractivity contribution < 1.29 is 33.7 Å². The number of hydroxylamine groups is 2. The van der Waals surface area contributed by atoms with Gasteiger partial charge in [0.2, 0.25) is 5.91 Å². The molecule has 0 spiro atoms. The Kier molecular flexibility index (Phi) is 4.42. The van der Waals surface area contributed by atoms with Gasteiger partial charge in [-0.25, -0.2) is 4.90 Å². The zero-order chi connectivity index (χ0) is 20.7. The molecular formula is C19H21BrN2O7. The molecule has 4 aliphatic heterocycles. The summed E-state index contributed by atoms with van der Waals surface area (Å²) < 4.78 is 18.2. The molecule has 1 N–H and O–H groups in total. The molecule has 2 amide bonds. The minimum Gasteiger partial charge on any atom is -0.387 e. The van der Waals surface area contributed by atoms with E-state index in [1.807, 2.05) is 0 Å². The van der Waals surface area contributed by atoms with E-state index in [2.05, 4.69) is 15.9 Å². The average molecular weight is 469 g/mol. The summed E-state index contributed by atoms with van der Waals surface area (Å²) in [4.78, 5) is 33.0. The molecular weight excluding hydrogens is 448 g/mol. The van der Waals surface area contributed by atoms with Crippen molar-refractivity contribution in [2.75, 3.05) is 11.9 Å². The maximum absolute atomic E-state index is 13.2. The quantitative estimate of drug-likeness (QED) is 0.636. The average Bonchev–Trinajstić information content (AvgIpc) is 3.30. The van der Waals surface area contributed by atoms with Crippen molar-refractivity contribution in [3.63, 3.8) is 0 Å². The van der Waals surface area contributed by atoms with E-state index in [-0.39, 0.29) is 5.91 Å². The lowest BCUT2D eigenvalue weighted by atomic mass is 9.89. The van der Waals surface area contributed by atoms with E-state index in [0.29, 0.717) is 5.69 Å². The predicted octanol–water partition coefficient (Wildman–Crippen LogP) is 0.790. The lowest BCUT2D eigenvalue weighted by Crippen LogP contribution is -2.50. The summed E-state index contributed by atoms with van der Waals surface area (Å²) in [6.45, 7) is 3.49. The number of benzene rings is 1. The summed E-state index contributed by atoms with van der Waals surface area (Å²) in [7, 11) is 1.63. The van der Waals surface area contributed by atoms with Gasteiger partial charge in [0.05, 0.1) is 17.6 Å². The molecule has 0 saturated carbocycles. The SMILES string of the molecule is CN1O[C@H]2C(=O)N(c3ccc(Br)cc3)C(=O)[C@H]2[C@H]1[C@H]1O[C@@H]2OC(C)(C)O[C@@H]2[C@H]1O. The maximum atomic E-state index is 13.2. The lowest BCUT2D eigenvalue weighted by Gasteiger charge is -2.31. The number of carbonyl (C=O) groups excluding carboxylic acids is 2. The van der Waals surface area contributed by atoms with E-state index in [1.54, 1.807) is 45.2 Å². The normalized spacial score (nSPS) is 41.3. The number of aliphatic hydroxyl groups excluding tert-OH is 1. The summed E-state index contributed by atoms with van der Waals surface area (Å²) >= 11 is 3.35. The van der Waals surface area contributed by atoms with Crippen LogP contribution in [0.15, 0.2) is 28.7 Å². The summed E-state index contributed by atoms with van der Waals surface area (Å²) in [5.74, 6) is -2.48. The van der Waals surface area contributed by atoms with Gasteiger partial charge in [0.15, 0.2) is 18.2 Å². The first-order valence-electron chi connectivity index (χ1n) is 9.40. The fourth-order valence-electron chi connectivity index (χ4n) is 4.63. The van der Waals surface area contributed by atoms with Gasteiger partial charge in [0.25, 0.3) is 5.91 Å². The summed E-state index contributed by atoms with van der Waals surface area (Å²) in [6.07, 6.45) is -4.20. The Morgan fingerprint density at radius 1 is 1.07 bits per heavy atom. The number of aliphatic hydroxyl groups is 1. The first kappa shape index (κ1) is 19.6. The highest BCUT2D eigenvalue weighted by molar-refractivity contribution is 9.10. The second-order valence-corrected chi connectivity index (χ2v) is 9.05. The molecule has 0 radical (unpaired) electrons. The van der Waals surface area contributed by atoms with Crippen LogP contribution in [0.3, 0.4) is 0 Å². The number of carbonyl (C=O) groups is 2. The Bertz CT molecular complexity index is 863. The molecule has 4 fully saturated rings. The molecule has 7 atom stereocenters. The summed E-state index contributed by atoms with van der Waals surface area (Å²) in [5, 5.41) is 12.3. The van der Waals surface area contributed by atoms with Crippen LogP contribution < -0.4 is 4.90 Å². The van der Waals surface area contributed by atoms with E-state index in [9.17, 15) is 14.7 Å². The molecule has 4 saturated heterocycles. The summed E-state index contributed by atoms with van der Waals surface area (Å²) in [6, 6.07) is 6.24. The zero-order valence-electron chi connectivity index (χ0n) is 16.0. The predicted molar refractivity (Wildman–Crippen MR) is 101 cm³/mol. The smallest absolute Gasteiger partial charge is 0.265 e. The van der Waals surface area contributed by atoms with Crippen LogP contribution in [-0.2, 0) is 28.6 Å². The number of anilines is 1. The summed E-state index contributed by atoms with van der Waals surface area (Å²) in [5.41, 5.74) is 0.473. The van der Waals surface area contributed by atoms with Crippen LogP contribution in [0.2, 0.25) is 0 Å². The third-order valence-corrected chi connectivity index (χ3v) is 6.37. The highest BCUT2D eigenvalue weighted by Gasteiger charge is 2.65. The van der Waals surface area contributed by atoms with Gasteiger partial charge >= 0.3 is 0 Å². The third kappa shape index (κ3) is 2.89. The Hall–Kier alpha value is -1.40. The van der Waals surface area contributed by atoms with Crippen LogP contribution in [0, 0.1) is 5.92 Å². The fourth-order valence-corrected chi connectivity index (χ4v) is 4.90. The number of likely N-dealkylation sites (N-methyl/N-ethyl adjacent to an activating group) is 1. The molecule has 4 heterocycles. The van der Waals surface area contributed by atoms with Gasteiger partial charge in [-0.15, -0.1) is 0 Å². The van der Waals surface area contributed by atoms with Crippen molar-refractivity contribution in [1.29, 1.82) is 0 Å². The fraction of sp³-hybridized carbons (Fsp3) is 0.579. The minimum atomic E-state index is -1.03. The second kappa shape index (κ2) is 6.55. The molecule has 0 bridgehead atoms. The van der Waals surface area contributed by atoms with E-state index < -0.39 is 54.4 Å². The van der Waals surface area contributed by atoms with Gasteiger partial charge < -0.3 is 19.3 Å². The van der Waals surface area contributed by atoms with Crippen LogP contribution in [0.5, 0.6) is 0 Å². The highest BCUT2D eigenvalue weighted by atomic mass is 79.9. The van der Waals surface area contributed by atoms with Crippen molar-refractivity contribution in [2.45, 2.75) is 56.4 Å². The molecule has 4 aliphatic rings. The van der Waals surface area contributed by atoms with Crippen molar-refractivity contribution in [2.24, 2.45) is 5.92 Å². The molecule has 0 unspecified atom stereocenters. The Balaban J connectivity index is 1.42. The van der Waals surface area contributed by atoms with Crippen LogP contribution >= 0.6 is 15.9 Å². The second-order valence-electron chi connectivity index (χ2n) is 8.14. The van der Waals surface area contributed by atoms with Crippen molar-refractivity contribution >= 4 is 33.4 Å². The largest absolute Gasteiger partial charge is 0.387 e. The van der Waals surface area contributed by atoms with Crippen LogP contribution in [-0.4, -0.2) is 71.6 Å². The van der Waals surface area contributed by atoms with E-state index in [1.165, 1.54) is 5.06 Å². The van der Waals surface area contributed by atoms with Crippen molar-refractivity contribution in [1.82, 2.24) is 5.06 Å². The minimum absolute atomic E-state index is 0.383. The van der Waals surface area contributed by atoms with E-state index in [0.717, 1.165) is 9.37 Å². The van der Waals surface area contributed by atoms with E-state index in [4.69, 9.17) is 19.0 Å². The highest BCUT2D eigenvalue weighted by Crippen LogP contribution is 2.45. The lowest BCUT2D eigenvalue weighted by molar-refractivity contribution is -0.232. The molecule has 9 nitrogen and oxygen atoms in total. The number of hydrogen-bond acceptors (Lipinski definition) is 8. The molecule has 10 heteroatoms. The van der Waals surface area contributed by atoms with E-state index >= 15 is 0 Å². The standard InChI is InChI=1S/C19H21BrN2O7/c1-19(2)27-15-12(23)14(26-18(15)28-19)11-10-13(29-21(11)3)17(25)22(16(10)24)9-6-4-8(20)5-7-9/h4-7,10-15,18,23H,1-3H3/t10-,11-,12-,13+,14+,15+,18+/m0/s1. The van der Waals surface area contributed by atoms with Crippen LogP contribution in [0.4, 0.5) is 5.69 Å². The molecule has 29 heavy (non-hydrogen) atoms. The van der Waals surface area contributed by atoms with Gasteiger partial charge in [-0.1, -0.05) is 15.9 Å². The van der Waals surface area contributed by atoms with Crippen LogP contribution in [0.1, 0.15) is 13.8 Å². The number of rotatable bonds is 2. The first-order chi connectivity index (χ1) is 13.7. The molecule has 0 aliphatic carbocycles. The number of hydrogen-bond donors (Lipinski definition) is 1. The van der Waals surface area contributed by atoms with Crippen LogP contribution in [0.25, 0.3) is 0 Å². The first-order valence-corrected chi connectivity index (χ1v) is 10.2. The molecule has 5 rings (SSSR count). The number of halogens is 1. The Morgan fingerprint density at radius 2 is 1.76 bits per heavy atom. The molecule has 1 aromatic rings. The third-order valence-electron chi connectivity index (χ3n) is 5.84. The molecule has 156 valence electrons. The van der Waals surface area contributed by atoms with Gasteiger partial charge in [-0.3, -0.25) is 14.4 Å². The molecule has 1 aromatic carbocycles. The van der Waals surface area contributed by atoms with Gasteiger partial charge in [0.1, 0.15) is 18.3 Å². The zero-order valence-corrected chi connectivity index (χ0v) is 17.6. The monoisotopic (exact) mass is 468 g/mol. The topological polar surface area (TPSA) is 97.8 Å². The number of nitrogens with zero attached hydrogens (tertiary/aromatic N) is 2. The van der Waals surface area contributed by atoms with Crippen molar-refractivity contribution in [3.8, 4) is 0 Å².